The van der Waals surface area contributed by atoms with Crippen LogP contribution in [0, 0.1) is 0 Å². The van der Waals surface area contributed by atoms with Gasteiger partial charge in [0.25, 0.3) is 0 Å². The van der Waals surface area contributed by atoms with Gasteiger partial charge in [-0.05, 0) is 23.8 Å². The van der Waals surface area contributed by atoms with E-state index in [0.29, 0.717) is 15.6 Å². The van der Waals surface area contributed by atoms with Crippen LogP contribution in [0.25, 0.3) is 0 Å². The van der Waals surface area contributed by atoms with Gasteiger partial charge in [0.1, 0.15) is 10.8 Å². The second-order valence-electron chi connectivity index (χ2n) is 2.85. The molecule has 1 aromatic rings. The summed E-state index contributed by atoms with van der Waals surface area (Å²) in [5.41, 5.74) is 0.384. The van der Waals surface area contributed by atoms with E-state index in [1.165, 1.54) is 18.2 Å². The minimum absolute atomic E-state index is 0.345. The van der Waals surface area contributed by atoms with Crippen molar-refractivity contribution in [3.05, 3.63) is 33.8 Å². The lowest BCUT2D eigenvalue weighted by molar-refractivity contribution is -0.138. The third-order valence-electron chi connectivity index (χ3n) is 1.76. The van der Waals surface area contributed by atoms with Crippen molar-refractivity contribution in [3.63, 3.8) is 0 Å². The molecular weight excluding hydrogens is 282 g/mol. The van der Waals surface area contributed by atoms with Gasteiger partial charge in [-0.2, -0.15) is 0 Å². The van der Waals surface area contributed by atoms with Gasteiger partial charge in [-0.15, -0.1) is 23.2 Å². The molecule has 0 amide bonds. The van der Waals surface area contributed by atoms with Crippen molar-refractivity contribution in [3.8, 4) is 0 Å². The number of benzene rings is 1. The van der Waals surface area contributed by atoms with Crippen molar-refractivity contribution >= 4 is 52.4 Å². The number of hydrogen-bond donors (Lipinski definition) is 1. The second kappa shape index (κ2) is 5.26. The topological polar surface area (TPSA) is 37.3 Å². The third-order valence-corrected chi connectivity index (χ3v) is 2.70. The predicted octanol–water partition coefficient (Wildman–Crippen LogP) is 3.97. The van der Waals surface area contributed by atoms with E-state index in [1.54, 1.807) is 0 Å². The molecule has 82 valence electrons. The fourth-order valence-corrected chi connectivity index (χ4v) is 2.20. The molecule has 0 heterocycles. The molecule has 0 bridgehead atoms. The summed E-state index contributed by atoms with van der Waals surface area (Å²) in [6, 6.07) is 4.46. The highest BCUT2D eigenvalue weighted by Gasteiger charge is 2.27. The zero-order chi connectivity index (χ0) is 11.6. The number of aliphatic carboxylic acids is 1. The number of halogens is 4. The van der Waals surface area contributed by atoms with Gasteiger partial charge >= 0.3 is 5.97 Å². The Balaban J connectivity index is 3.17. The quantitative estimate of drug-likeness (QED) is 0.854. The van der Waals surface area contributed by atoms with Crippen LogP contribution >= 0.6 is 46.4 Å². The summed E-state index contributed by atoms with van der Waals surface area (Å²) < 4.78 is 0. The van der Waals surface area contributed by atoms with Gasteiger partial charge in [0, 0.05) is 10.0 Å². The number of carbonyl (C=O) groups is 1. The normalized spacial score (nSPS) is 12.9. The molecule has 2 nitrogen and oxygen atoms in total. The molecule has 15 heavy (non-hydrogen) atoms. The van der Waals surface area contributed by atoms with E-state index in [1.807, 2.05) is 0 Å². The summed E-state index contributed by atoms with van der Waals surface area (Å²) in [7, 11) is 0. The van der Waals surface area contributed by atoms with E-state index >= 15 is 0 Å². The van der Waals surface area contributed by atoms with Crippen molar-refractivity contribution in [1.82, 2.24) is 0 Å². The standard InChI is InChI=1S/C9H6Cl4O2/c10-5-1-4(2-6(11)3-5)7(8(12)13)9(14)15/h1-3,7-8H,(H,14,15). The first-order valence-electron chi connectivity index (χ1n) is 3.88. The van der Waals surface area contributed by atoms with Crippen LogP contribution in [0.1, 0.15) is 11.5 Å². The highest BCUT2D eigenvalue weighted by Crippen LogP contribution is 2.31. The van der Waals surface area contributed by atoms with Crippen molar-refractivity contribution in [2.75, 3.05) is 0 Å². The van der Waals surface area contributed by atoms with Crippen LogP contribution in [0.4, 0.5) is 0 Å². The number of rotatable bonds is 3. The van der Waals surface area contributed by atoms with Gasteiger partial charge < -0.3 is 5.11 Å². The first-order chi connectivity index (χ1) is 6.91. The molecule has 1 rings (SSSR count). The van der Waals surface area contributed by atoms with Crippen LogP contribution in [0.2, 0.25) is 10.0 Å². The first-order valence-corrected chi connectivity index (χ1v) is 5.51. The zero-order valence-electron chi connectivity index (χ0n) is 7.25. The monoisotopic (exact) mass is 286 g/mol. The SMILES string of the molecule is O=C(O)C(c1cc(Cl)cc(Cl)c1)C(Cl)Cl. The Morgan fingerprint density at radius 3 is 1.93 bits per heavy atom. The Morgan fingerprint density at radius 1 is 1.13 bits per heavy atom. The van der Waals surface area contributed by atoms with Crippen LogP contribution in [-0.4, -0.2) is 15.9 Å². The summed E-state index contributed by atoms with van der Waals surface area (Å²) in [5.74, 6) is -2.16. The lowest BCUT2D eigenvalue weighted by Crippen LogP contribution is -2.18. The van der Waals surface area contributed by atoms with Gasteiger partial charge in [0.15, 0.2) is 0 Å². The Morgan fingerprint density at radius 2 is 1.60 bits per heavy atom. The molecule has 1 unspecified atom stereocenters. The highest BCUT2D eigenvalue weighted by molar-refractivity contribution is 6.46. The van der Waals surface area contributed by atoms with E-state index in [-0.39, 0.29) is 0 Å². The summed E-state index contributed by atoms with van der Waals surface area (Å²) >= 11 is 22.6. The number of hydrogen-bond acceptors (Lipinski definition) is 1. The van der Waals surface area contributed by atoms with Crippen LogP contribution in [0.5, 0.6) is 0 Å². The largest absolute Gasteiger partial charge is 0.481 e. The maximum atomic E-state index is 10.9. The van der Waals surface area contributed by atoms with Gasteiger partial charge in [-0.3, -0.25) is 4.79 Å². The maximum absolute atomic E-state index is 10.9. The van der Waals surface area contributed by atoms with E-state index in [4.69, 9.17) is 51.5 Å². The fourth-order valence-electron chi connectivity index (χ4n) is 1.15. The number of carboxylic acid groups (broad SMARTS) is 1. The van der Waals surface area contributed by atoms with Crippen molar-refractivity contribution in [1.29, 1.82) is 0 Å². The Hall–Kier alpha value is -0.150. The maximum Gasteiger partial charge on any atom is 0.313 e. The smallest absolute Gasteiger partial charge is 0.313 e. The molecule has 0 aliphatic heterocycles. The molecule has 1 N–H and O–H groups in total. The van der Waals surface area contributed by atoms with E-state index < -0.39 is 16.7 Å². The van der Waals surface area contributed by atoms with Crippen LogP contribution in [0.3, 0.4) is 0 Å². The number of alkyl halides is 2. The average molecular weight is 288 g/mol. The zero-order valence-corrected chi connectivity index (χ0v) is 10.3. The van der Waals surface area contributed by atoms with Gasteiger partial charge in [-0.1, -0.05) is 23.2 Å². The molecule has 0 aromatic heterocycles. The molecule has 0 fully saturated rings. The first kappa shape index (κ1) is 12.9. The molecule has 0 radical (unpaired) electrons. The highest BCUT2D eigenvalue weighted by atomic mass is 35.5. The summed E-state index contributed by atoms with van der Waals surface area (Å²) in [6.07, 6.45) is 0. The Kier molecular flexibility index (Phi) is 4.53. The van der Waals surface area contributed by atoms with Gasteiger partial charge in [0.2, 0.25) is 0 Å². The average Bonchev–Trinajstić information content (AvgIpc) is 1.99. The molecule has 0 aliphatic carbocycles. The lowest BCUT2D eigenvalue weighted by Gasteiger charge is -2.14. The van der Waals surface area contributed by atoms with Crippen LogP contribution < -0.4 is 0 Å². The van der Waals surface area contributed by atoms with Crippen molar-refractivity contribution in [2.45, 2.75) is 10.8 Å². The van der Waals surface area contributed by atoms with Gasteiger partial charge in [-0.25, -0.2) is 0 Å². The van der Waals surface area contributed by atoms with Gasteiger partial charge in [0.05, 0.1) is 0 Å². The molecule has 1 atom stereocenters. The minimum atomic E-state index is -1.12. The minimum Gasteiger partial charge on any atom is -0.481 e. The molecule has 0 aliphatic rings. The van der Waals surface area contributed by atoms with E-state index in [2.05, 4.69) is 0 Å². The predicted molar refractivity (Wildman–Crippen MR) is 62.3 cm³/mol. The molecular formula is C9H6Cl4O2. The Labute approximate surface area is 107 Å². The summed E-state index contributed by atoms with van der Waals surface area (Å²) in [4.78, 5) is 9.85. The molecule has 0 spiro atoms. The van der Waals surface area contributed by atoms with Crippen molar-refractivity contribution < 1.29 is 9.90 Å². The molecule has 1 aromatic carbocycles. The van der Waals surface area contributed by atoms with E-state index in [9.17, 15) is 4.79 Å². The Bertz CT molecular complexity index is 358. The third kappa shape index (κ3) is 3.42. The number of carboxylic acids is 1. The molecule has 0 saturated heterocycles. The molecule has 6 heteroatoms. The van der Waals surface area contributed by atoms with Crippen molar-refractivity contribution in [2.24, 2.45) is 0 Å². The van der Waals surface area contributed by atoms with Crippen LogP contribution in [0.15, 0.2) is 18.2 Å². The molecule has 0 saturated carbocycles. The lowest BCUT2D eigenvalue weighted by atomic mass is 10.0. The fraction of sp³-hybridized carbons (Fsp3) is 0.222. The van der Waals surface area contributed by atoms with Crippen LogP contribution in [-0.2, 0) is 4.79 Å². The summed E-state index contributed by atoms with van der Waals surface area (Å²) in [5, 5.41) is 9.61. The second-order valence-corrected chi connectivity index (χ2v) is 4.89. The summed E-state index contributed by atoms with van der Waals surface area (Å²) in [6.45, 7) is 0. The van der Waals surface area contributed by atoms with E-state index in [0.717, 1.165) is 0 Å².